The molecule has 0 atom stereocenters. The Morgan fingerprint density at radius 3 is 2.92 bits per heavy atom. The third-order valence-corrected chi connectivity index (χ3v) is 1.77. The molecule has 0 saturated heterocycles. The highest BCUT2D eigenvalue weighted by molar-refractivity contribution is 5.33. The molecule has 0 heterocycles. The van der Waals surface area contributed by atoms with Gasteiger partial charge in [-0.2, -0.15) is 0 Å². The van der Waals surface area contributed by atoms with Crippen LogP contribution in [0.2, 0.25) is 0 Å². The number of aryl methyl sites for hydroxylation is 1. The summed E-state index contributed by atoms with van der Waals surface area (Å²) in [7, 11) is 0. The molecule has 0 unspecified atom stereocenters. The van der Waals surface area contributed by atoms with E-state index in [-0.39, 0.29) is 5.82 Å². The maximum Gasteiger partial charge on any atom is 0.234 e. The second-order valence-corrected chi connectivity index (χ2v) is 2.82. The van der Waals surface area contributed by atoms with Crippen molar-refractivity contribution in [1.29, 1.82) is 0 Å². The fourth-order valence-electron chi connectivity index (χ4n) is 1.08. The van der Waals surface area contributed by atoms with Crippen LogP contribution in [0.1, 0.15) is 11.1 Å². The zero-order valence-corrected chi connectivity index (χ0v) is 7.38. The second-order valence-electron chi connectivity index (χ2n) is 2.82. The molecule has 3 heteroatoms. The van der Waals surface area contributed by atoms with Crippen molar-refractivity contribution in [2.24, 2.45) is 4.99 Å². The summed E-state index contributed by atoms with van der Waals surface area (Å²) in [4.78, 5) is 13.1. The predicted octanol–water partition coefficient (Wildman–Crippen LogP) is 2.01. The summed E-state index contributed by atoms with van der Waals surface area (Å²) in [6.45, 7) is 2.12. The predicted molar refractivity (Wildman–Crippen MR) is 47.8 cm³/mol. The average Bonchev–Trinajstić information content (AvgIpc) is 2.09. The molecule has 0 amide bonds. The lowest BCUT2D eigenvalue weighted by atomic mass is 10.1. The van der Waals surface area contributed by atoms with Gasteiger partial charge in [0.2, 0.25) is 6.08 Å². The van der Waals surface area contributed by atoms with Gasteiger partial charge >= 0.3 is 0 Å². The lowest BCUT2D eigenvalue weighted by Gasteiger charge is -2.00. The highest BCUT2D eigenvalue weighted by Crippen LogP contribution is 2.10. The molecular weight excluding hydrogens is 169 g/mol. The van der Waals surface area contributed by atoms with Crippen LogP contribution in [0.5, 0.6) is 0 Å². The number of rotatable bonds is 3. The molecule has 0 saturated carbocycles. The summed E-state index contributed by atoms with van der Waals surface area (Å²) in [5, 5.41) is 0. The smallest absolute Gasteiger partial charge is 0.211 e. The first-order valence-electron chi connectivity index (χ1n) is 4.02. The summed E-state index contributed by atoms with van der Waals surface area (Å²) >= 11 is 0. The lowest BCUT2D eigenvalue weighted by Crippen LogP contribution is -1.94. The van der Waals surface area contributed by atoms with Gasteiger partial charge in [0.15, 0.2) is 0 Å². The number of benzene rings is 1. The van der Waals surface area contributed by atoms with Crippen LogP contribution in [0.15, 0.2) is 23.2 Å². The maximum atomic E-state index is 13.1. The molecule has 68 valence electrons. The standard InChI is InChI=1S/C10H10FNO/c1-8-2-3-9(10(11)6-8)4-5-12-7-13/h2-3,6H,4-5H2,1H3. The van der Waals surface area contributed by atoms with Gasteiger partial charge in [-0.05, 0) is 30.5 Å². The molecule has 0 aliphatic carbocycles. The summed E-state index contributed by atoms with van der Waals surface area (Å²) in [5.41, 5.74) is 1.48. The Balaban J connectivity index is 2.71. The largest absolute Gasteiger partial charge is 0.234 e. The Hall–Kier alpha value is -1.47. The Kier molecular flexibility index (Phi) is 3.35. The van der Waals surface area contributed by atoms with Crippen molar-refractivity contribution in [3.63, 3.8) is 0 Å². The Morgan fingerprint density at radius 2 is 2.31 bits per heavy atom. The van der Waals surface area contributed by atoms with Gasteiger partial charge in [-0.15, -0.1) is 0 Å². The van der Waals surface area contributed by atoms with Crippen molar-refractivity contribution < 1.29 is 9.18 Å². The average molecular weight is 179 g/mol. The van der Waals surface area contributed by atoms with Gasteiger partial charge in [0.25, 0.3) is 0 Å². The van der Waals surface area contributed by atoms with Gasteiger partial charge in [0, 0.05) is 0 Å². The molecule has 1 aromatic carbocycles. The van der Waals surface area contributed by atoms with Gasteiger partial charge in [-0.3, -0.25) is 0 Å². The number of halogens is 1. The minimum absolute atomic E-state index is 0.235. The van der Waals surface area contributed by atoms with E-state index in [0.29, 0.717) is 18.5 Å². The van der Waals surface area contributed by atoms with Crippen molar-refractivity contribution >= 4 is 6.08 Å². The van der Waals surface area contributed by atoms with E-state index in [1.165, 1.54) is 12.1 Å². The normalized spacial score (nSPS) is 9.38. The van der Waals surface area contributed by atoms with Crippen LogP contribution in [0.4, 0.5) is 4.39 Å². The third kappa shape index (κ3) is 2.80. The summed E-state index contributed by atoms with van der Waals surface area (Å²) in [6, 6.07) is 5.02. The summed E-state index contributed by atoms with van der Waals surface area (Å²) in [5.74, 6) is -0.235. The van der Waals surface area contributed by atoms with Crippen molar-refractivity contribution in [1.82, 2.24) is 0 Å². The van der Waals surface area contributed by atoms with E-state index in [9.17, 15) is 9.18 Å². The zero-order valence-electron chi connectivity index (χ0n) is 7.38. The van der Waals surface area contributed by atoms with Gasteiger partial charge in [-0.1, -0.05) is 12.1 Å². The first-order valence-corrected chi connectivity index (χ1v) is 4.02. The minimum atomic E-state index is -0.235. The molecule has 13 heavy (non-hydrogen) atoms. The van der Waals surface area contributed by atoms with Crippen LogP contribution < -0.4 is 0 Å². The van der Waals surface area contributed by atoms with Crippen LogP contribution >= 0.6 is 0 Å². The molecule has 2 nitrogen and oxygen atoms in total. The second kappa shape index (κ2) is 4.53. The quantitative estimate of drug-likeness (QED) is 0.515. The summed E-state index contributed by atoms with van der Waals surface area (Å²) in [6.07, 6.45) is 1.87. The van der Waals surface area contributed by atoms with Crippen LogP contribution in [0.25, 0.3) is 0 Å². The van der Waals surface area contributed by atoms with E-state index in [1.807, 2.05) is 13.0 Å². The fraction of sp³-hybridized carbons (Fsp3) is 0.300. The van der Waals surface area contributed by atoms with E-state index in [4.69, 9.17) is 0 Å². The highest BCUT2D eigenvalue weighted by Gasteiger charge is 2.00. The number of aliphatic imine (C=N–C) groups is 1. The van der Waals surface area contributed by atoms with Gasteiger partial charge in [-0.25, -0.2) is 14.2 Å². The van der Waals surface area contributed by atoms with Gasteiger partial charge in [0.05, 0.1) is 6.54 Å². The van der Waals surface area contributed by atoms with Crippen LogP contribution in [0, 0.1) is 12.7 Å². The zero-order chi connectivity index (χ0) is 9.68. The molecule has 0 aromatic heterocycles. The number of carbonyl (C=O) groups excluding carboxylic acids is 1. The van der Waals surface area contributed by atoms with Crippen molar-refractivity contribution in [2.75, 3.05) is 6.54 Å². The van der Waals surface area contributed by atoms with Crippen molar-refractivity contribution in [2.45, 2.75) is 13.3 Å². The molecule has 1 aromatic rings. The highest BCUT2D eigenvalue weighted by atomic mass is 19.1. The van der Waals surface area contributed by atoms with E-state index >= 15 is 0 Å². The molecule has 0 N–H and O–H groups in total. The summed E-state index contributed by atoms with van der Waals surface area (Å²) < 4.78 is 13.1. The Labute approximate surface area is 76.1 Å². The molecule has 0 radical (unpaired) electrons. The number of nitrogens with zero attached hydrogens (tertiary/aromatic N) is 1. The van der Waals surface area contributed by atoms with Crippen molar-refractivity contribution in [3.8, 4) is 0 Å². The SMILES string of the molecule is Cc1ccc(CCN=C=O)c(F)c1. The molecular formula is C10H10FNO. The van der Waals surface area contributed by atoms with Gasteiger partial charge < -0.3 is 0 Å². The van der Waals surface area contributed by atoms with E-state index in [2.05, 4.69) is 4.99 Å². The number of isocyanates is 1. The van der Waals surface area contributed by atoms with E-state index < -0.39 is 0 Å². The first-order chi connectivity index (χ1) is 6.24. The Bertz CT molecular complexity index is 343. The minimum Gasteiger partial charge on any atom is -0.211 e. The van der Waals surface area contributed by atoms with E-state index in [0.717, 1.165) is 5.56 Å². The van der Waals surface area contributed by atoms with Crippen molar-refractivity contribution in [3.05, 3.63) is 35.1 Å². The molecule has 0 spiro atoms. The number of hydrogen-bond acceptors (Lipinski definition) is 2. The molecule has 0 aliphatic rings. The number of hydrogen-bond donors (Lipinski definition) is 0. The van der Waals surface area contributed by atoms with Gasteiger partial charge in [0.1, 0.15) is 5.82 Å². The van der Waals surface area contributed by atoms with Crippen LogP contribution in [-0.2, 0) is 11.2 Å². The third-order valence-electron chi connectivity index (χ3n) is 1.77. The van der Waals surface area contributed by atoms with E-state index in [1.54, 1.807) is 6.07 Å². The maximum absolute atomic E-state index is 13.1. The Morgan fingerprint density at radius 1 is 1.54 bits per heavy atom. The molecule has 1 rings (SSSR count). The molecule has 0 bridgehead atoms. The van der Waals surface area contributed by atoms with Crippen LogP contribution in [0.3, 0.4) is 0 Å². The molecule has 0 fully saturated rings. The topological polar surface area (TPSA) is 29.4 Å². The monoisotopic (exact) mass is 179 g/mol. The fourth-order valence-corrected chi connectivity index (χ4v) is 1.08. The first kappa shape index (κ1) is 9.62. The lowest BCUT2D eigenvalue weighted by molar-refractivity contribution is 0.562. The molecule has 0 aliphatic heterocycles. The van der Waals surface area contributed by atoms with Crippen LogP contribution in [-0.4, -0.2) is 12.6 Å².